The molecule has 0 aromatic carbocycles. The lowest BCUT2D eigenvalue weighted by Crippen LogP contribution is -2.32. The van der Waals surface area contributed by atoms with E-state index in [0.29, 0.717) is 11.7 Å². The minimum absolute atomic E-state index is 0.00369. The summed E-state index contributed by atoms with van der Waals surface area (Å²) < 4.78 is 10.1. The summed E-state index contributed by atoms with van der Waals surface area (Å²) in [7, 11) is 1.73. The Morgan fingerprint density at radius 1 is 1.62 bits per heavy atom. The molecule has 1 unspecified atom stereocenters. The number of likely N-dealkylation sites (tertiary alicyclic amines) is 1. The topological polar surface area (TPSA) is 67.6 Å². The first kappa shape index (κ1) is 16.0. The predicted molar refractivity (Wildman–Crippen MR) is 79.0 cm³/mol. The van der Waals surface area contributed by atoms with Gasteiger partial charge in [0.25, 0.3) is 0 Å². The molecule has 1 saturated heterocycles. The van der Waals surface area contributed by atoms with E-state index < -0.39 is 0 Å². The van der Waals surface area contributed by atoms with Crippen LogP contribution in [0.15, 0.2) is 10.6 Å². The summed E-state index contributed by atoms with van der Waals surface area (Å²) in [6.45, 7) is 6.66. The molecule has 6 nitrogen and oxygen atoms in total. The summed E-state index contributed by atoms with van der Waals surface area (Å²) in [5, 5.41) is 6.77. The number of ether oxygens (including phenoxy) is 1. The zero-order chi connectivity index (χ0) is 15.1. The van der Waals surface area contributed by atoms with E-state index in [9.17, 15) is 4.79 Å². The molecule has 1 atom stereocenters. The number of nitrogens with zero attached hydrogens (tertiary/aromatic N) is 2. The zero-order valence-electron chi connectivity index (χ0n) is 12.9. The molecule has 1 amide bonds. The minimum atomic E-state index is 0.00369. The van der Waals surface area contributed by atoms with Gasteiger partial charge in [0.1, 0.15) is 5.76 Å². The summed E-state index contributed by atoms with van der Waals surface area (Å²) in [5.41, 5.74) is 0.806. The Bertz CT molecular complexity index is 447. The van der Waals surface area contributed by atoms with Crippen LogP contribution in [0.2, 0.25) is 0 Å². The average molecular weight is 295 g/mol. The molecule has 1 aromatic rings. The molecule has 21 heavy (non-hydrogen) atoms. The van der Waals surface area contributed by atoms with Crippen molar-refractivity contribution in [3.05, 3.63) is 17.5 Å². The Balaban J connectivity index is 1.61. The number of carbonyl (C=O) groups is 1. The quantitative estimate of drug-likeness (QED) is 0.725. The second-order valence-corrected chi connectivity index (χ2v) is 5.72. The van der Waals surface area contributed by atoms with Crippen molar-refractivity contribution >= 4 is 5.91 Å². The SMILES string of the molecule is COCCCN1CCC(CNC(=O)Cc2cc(C)no2)C1. The molecule has 0 radical (unpaired) electrons. The zero-order valence-corrected chi connectivity index (χ0v) is 12.9. The highest BCUT2D eigenvalue weighted by atomic mass is 16.5. The smallest absolute Gasteiger partial charge is 0.227 e. The highest BCUT2D eigenvalue weighted by Gasteiger charge is 2.22. The number of methoxy groups -OCH3 is 1. The second kappa shape index (κ2) is 8.14. The van der Waals surface area contributed by atoms with Crippen LogP contribution in [0.5, 0.6) is 0 Å². The van der Waals surface area contributed by atoms with Crippen LogP contribution >= 0.6 is 0 Å². The molecule has 2 heterocycles. The highest BCUT2D eigenvalue weighted by Crippen LogP contribution is 2.15. The van der Waals surface area contributed by atoms with Gasteiger partial charge in [-0.05, 0) is 32.2 Å². The van der Waals surface area contributed by atoms with Gasteiger partial charge in [-0.25, -0.2) is 0 Å². The van der Waals surface area contributed by atoms with Gasteiger partial charge < -0.3 is 19.5 Å². The van der Waals surface area contributed by atoms with Crippen molar-refractivity contribution in [1.82, 2.24) is 15.4 Å². The molecule has 1 aliphatic rings. The van der Waals surface area contributed by atoms with E-state index in [1.165, 1.54) is 0 Å². The first-order valence-corrected chi connectivity index (χ1v) is 7.57. The molecule has 0 saturated carbocycles. The van der Waals surface area contributed by atoms with Crippen molar-refractivity contribution in [1.29, 1.82) is 0 Å². The van der Waals surface area contributed by atoms with Crippen LogP contribution in [-0.2, 0) is 16.0 Å². The molecule has 1 aliphatic heterocycles. The first-order chi connectivity index (χ1) is 10.2. The van der Waals surface area contributed by atoms with E-state index in [1.807, 2.05) is 6.92 Å². The Hall–Kier alpha value is -1.40. The van der Waals surface area contributed by atoms with Gasteiger partial charge in [-0.15, -0.1) is 0 Å². The van der Waals surface area contributed by atoms with Gasteiger partial charge in [0.05, 0.1) is 12.1 Å². The van der Waals surface area contributed by atoms with E-state index in [4.69, 9.17) is 9.26 Å². The molecular weight excluding hydrogens is 270 g/mol. The Morgan fingerprint density at radius 2 is 2.48 bits per heavy atom. The summed E-state index contributed by atoms with van der Waals surface area (Å²) >= 11 is 0. The molecule has 2 rings (SSSR count). The van der Waals surface area contributed by atoms with Crippen molar-refractivity contribution in [2.24, 2.45) is 5.92 Å². The van der Waals surface area contributed by atoms with Gasteiger partial charge in [0.2, 0.25) is 5.91 Å². The lowest BCUT2D eigenvalue weighted by Gasteiger charge is -2.15. The largest absolute Gasteiger partial charge is 0.385 e. The van der Waals surface area contributed by atoms with Crippen LogP contribution in [0.4, 0.5) is 0 Å². The Kier molecular flexibility index (Phi) is 6.20. The summed E-state index contributed by atoms with van der Waals surface area (Å²) in [5.74, 6) is 1.18. The number of aromatic nitrogens is 1. The second-order valence-electron chi connectivity index (χ2n) is 5.72. The fourth-order valence-electron chi connectivity index (χ4n) is 2.69. The fourth-order valence-corrected chi connectivity index (χ4v) is 2.69. The van der Waals surface area contributed by atoms with Crippen LogP contribution in [0.1, 0.15) is 24.3 Å². The number of amides is 1. The summed E-state index contributed by atoms with van der Waals surface area (Å²) in [6.07, 6.45) is 2.49. The third kappa shape index (κ3) is 5.47. The van der Waals surface area contributed by atoms with Gasteiger partial charge in [0, 0.05) is 39.4 Å². The van der Waals surface area contributed by atoms with Crippen molar-refractivity contribution in [3.8, 4) is 0 Å². The molecule has 1 aromatic heterocycles. The van der Waals surface area contributed by atoms with Crippen LogP contribution in [-0.4, -0.2) is 55.9 Å². The molecule has 0 aliphatic carbocycles. The number of hydrogen-bond acceptors (Lipinski definition) is 5. The van der Waals surface area contributed by atoms with Crippen molar-refractivity contribution in [2.75, 3.05) is 39.9 Å². The first-order valence-electron chi connectivity index (χ1n) is 7.57. The van der Waals surface area contributed by atoms with Gasteiger partial charge in [-0.2, -0.15) is 0 Å². The molecular formula is C15H25N3O3. The third-order valence-corrected chi connectivity index (χ3v) is 3.79. The Morgan fingerprint density at radius 3 is 3.19 bits per heavy atom. The molecule has 1 N–H and O–H groups in total. The lowest BCUT2D eigenvalue weighted by molar-refractivity contribution is -0.120. The number of aryl methyl sites for hydroxylation is 1. The minimum Gasteiger partial charge on any atom is -0.385 e. The maximum absolute atomic E-state index is 11.8. The van der Waals surface area contributed by atoms with E-state index >= 15 is 0 Å². The maximum atomic E-state index is 11.8. The third-order valence-electron chi connectivity index (χ3n) is 3.79. The monoisotopic (exact) mass is 295 g/mol. The predicted octanol–water partition coefficient (Wildman–Crippen LogP) is 1.00. The molecule has 6 heteroatoms. The van der Waals surface area contributed by atoms with Crippen LogP contribution in [0, 0.1) is 12.8 Å². The maximum Gasteiger partial charge on any atom is 0.227 e. The van der Waals surface area contributed by atoms with Crippen molar-refractivity contribution in [3.63, 3.8) is 0 Å². The number of carbonyl (C=O) groups excluding carboxylic acids is 1. The molecule has 0 bridgehead atoms. The standard InChI is InChI=1S/C15H25N3O3/c1-12-8-14(21-17-12)9-15(19)16-10-13-4-6-18(11-13)5-3-7-20-2/h8,13H,3-7,9-11H2,1-2H3,(H,16,19). The van der Waals surface area contributed by atoms with E-state index in [-0.39, 0.29) is 12.3 Å². The van der Waals surface area contributed by atoms with Crippen LogP contribution in [0.3, 0.4) is 0 Å². The average Bonchev–Trinajstić information content (AvgIpc) is 3.06. The molecule has 0 spiro atoms. The lowest BCUT2D eigenvalue weighted by atomic mass is 10.1. The van der Waals surface area contributed by atoms with E-state index in [2.05, 4.69) is 15.4 Å². The number of rotatable bonds is 8. The fraction of sp³-hybridized carbons (Fsp3) is 0.733. The summed E-state index contributed by atoms with van der Waals surface area (Å²) in [6, 6.07) is 1.80. The normalized spacial score (nSPS) is 19.0. The Labute approximate surface area is 125 Å². The summed E-state index contributed by atoms with van der Waals surface area (Å²) in [4.78, 5) is 14.3. The molecule has 118 valence electrons. The number of hydrogen-bond donors (Lipinski definition) is 1. The van der Waals surface area contributed by atoms with E-state index in [1.54, 1.807) is 13.2 Å². The highest BCUT2D eigenvalue weighted by molar-refractivity contribution is 5.77. The van der Waals surface area contributed by atoms with Gasteiger partial charge in [0.15, 0.2) is 0 Å². The van der Waals surface area contributed by atoms with Gasteiger partial charge >= 0.3 is 0 Å². The van der Waals surface area contributed by atoms with Crippen LogP contribution in [0.25, 0.3) is 0 Å². The van der Waals surface area contributed by atoms with Crippen LogP contribution < -0.4 is 5.32 Å². The molecule has 1 fully saturated rings. The van der Waals surface area contributed by atoms with Gasteiger partial charge in [-0.1, -0.05) is 5.16 Å². The van der Waals surface area contributed by atoms with E-state index in [0.717, 1.165) is 51.3 Å². The van der Waals surface area contributed by atoms with Crippen molar-refractivity contribution in [2.45, 2.75) is 26.2 Å². The van der Waals surface area contributed by atoms with Gasteiger partial charge in [-0.3, -0.25) is 4.79 Å². The van der Waals surface area contributed by atoms with Crippen molar-refractivity contribution < 1.29 is 14.1 Å². The number of nitrogens with one attached hydrogen (secondary N) is 1.